The summed E-state index contributed by atoms with van der Waals surface area (Å²) in [5.41, 5.74) is 5.41. The van der Waals surface area contributed by atoms with Gasteiger partial charge >= 0.3 is 6.03 Å². The number of urea groups is 1. The molecule has 144 valence electrons. The van der Waals surface area contributed by atoms with E-state index in [9.17, 15) is 4.79 Å². The Morgan fingerprint density at radius 3 is 2.44 bits per heavy atom. The number of nitrogens with one attached hydrogen (secondary N) is 1. The van der Waals surface area contributed by atoms with Gasteiger partial charge < -0.3 is 15.1 Å². The van der Waals surface area contributed by atoms with Crippen LogP contribution in [0.15, 0.2) is 48.5 Å². The lowest BCUT2D eigenvalue weighted by atomic mass is 10.0. The van der Waals surface area contributed by atoms with Crippen LogP contribution in [0.1, 0.15) is 30.0 Å². The van der Waals surface area contributed by atoms with Crippen LogP contribution in [0.4, 0.5) is 10.5 Å². The van der Waals surface area contributed by atoms with Crippen LogP contribution >= 0.6 is 0 Å². The molecule has 1 heterocycles. The highest BCUT2D eigenvalue weighted by atomic mass is 16.2. The summed E-state index contributed by atoms with van der Waals surface area (Å²) in [5.74, 6) is 0. The molecule has 1 aliphatic heterocycles. The number of nitrogens with zero attached hydrogens (tertiary/aromatic N) is 2. The lowest BCUT2D eigenvalue weighted by molar-refractivity contribution is 0.194. The van der Waals surface area contributed by atoms with Crippen molar-refractivity contribution in [2.45, 2.75) is 33.1 Å². The quantitative estimate of drug-likeness (QED) is 0.785. The van der Waals surface area contributed by atoms with Crippen molar-refractivity contribution in [3.05, 3.63) is 65.2 Å². The van der Waals surface area contributed by atoms with Crippen molar-refractivity contribution in [2.75, 3.05) is 37.6 Å². The van der Waals surface area contributed by atoms with E-state index in [2.05, 4.69) is 66.5 Å². The molecule has 1 aliphatic rings. The summed E-state index contributed by atoms with van der Waals surface area (Å²) in [6.07, 6.45) is 3.01. The van der Waals surface area contributed by atoms with E-state index in [-0.39, 0.29) is 6.03 Å². The molecule has 0 unspecified atom stereocenters. The molecule has 0 radical (unpaired) electrons. The fourth-order valence-electron chi connectivity index (χ4n) is 3.83. The normalized spacial score (nSPS) is 14.3. The Morgan fingerprint density at radius 2 is 1.74 bits per heavy atom. The molecule has 0 aromatic heterocycles. The first kappa shape index (κ1) is 19.3. The number of para-hydroxylation sites is 1. The molecule has 27 heavy (non-hydrogen) atoms. The molecule has 2 aromatic carbocycles. The van der Waals surface area contributed by atoms with Gasteiger partial charge in [-0.1, -0.05) is 55.5 Å². The standard InChI is InChI=1S/C23H31N3O/c1-3-21-13-7-9-19(2)22(21)25-15-17-26(18-16-25)23(27)24-14-8-12-20-10-5-4-6-11-20/h4-7,9-11,13H,3,8,12,14-18H2,1-2H3,(H,24,27). The van der Waals surface area contributed by atoms with E-state index < -0.39 is 0 Å². The first-order valence-electron chi connectivity index (χ1n) is 10.1. The molecule has 0 aliphatic carbocycles. The lowest BCUT2D eigenvalue weighted by Crippen LogP contribution is -2.52. The topological polar surface area (TPSA) is 35.6 Å². The molecular formula is C23H31N3O. The van der Waals surface area contributed by atoms with Gasteiger partial charge in [-0.3, -0.25) is 0 Å². The maximum Gasteiger partial charge on any atom is 0.317 e. The van der Waals surface area contributed by atoms with Crippen LogP contribution in [-0.2, 0) is 12.8 Å². The molecule has 0 bridgehead atoms. The number of amides is 2. The average molecular weight is 366 g/mol. The molecule has 0 saturated carbocycles. The van der Waals surface area contributed by atoms with Crippen molar-refractivity contribution < 1.29 is 4.79 Å². The third-order valence-corrected chi connectivity index (χ3v) is 5.35. The largest absolute Gasteiger partial charge is 0.368 e. The number of anilines is 1. The van der Waals surface area contributed by atoms with Gasteiger partial charge in [0.25, 0.3) is 0 Å². The van der Waals surface area contributed by atoms with Crippen molar-refractivity contribution in [1.82, 2.24) is 10.2 Å². The van der Waals surface area contributed by atoms with E-state index in [1.54, 1.807) is 0 Å². The fraction of sp³-hybridized carbons (Fsp3) is 0.435. The summed E-state index contributed by atoms with van der Waals surface area (Å²) in [6, 6.07) is 17.0. The highest BCUT2D eigenvalue weighted by Gasteiger charge is 2.22. The van der Waals surface area contributed by atoms with Crippen LogP contribution in [-0.4, -0.2) is 43.7 Å². The van der Waals surface area contributed by atoms with Gasteiger partial charge in [0.05, 0.1) is 0 Å². The number of benzene rings is 2. The summed E-state index contributed by atoms with van der Waals surface area (Å²) in [6.45, 7) is 8.47. The van der Waals surface area contributed by atoms with E-state index in [4.69, 9.17) is 0 Å². The van der Waals surface area contributed by atoms with Crippen molar-refractivity contribution in [3.8, 4) is 0 Å². The van der Waals surface area contributed by atoms with Gasteiger partial charge in [-0.25, -0.2) is 4.79 Å². The number of hydrogen-bond acceptors (Lipinski definition) is 2. The van der Waals surface area contributed by atoms with Gasteiger partial charge in [0.2, 0.25) is 0 Å². The van der Waals surface area contributed by atoms with Crippen LogP contribution in [0.25, 0.3) is 0 Å². The SMILES string of the molecule is CCc1cccc(C)c1N1CCN(C(=O)NCCCc2ccccc2)CC1. The zero-order valence-corrected chi connectivity index (χ0v) is 16.6. The average Bonchev–Trinajstić information content (AvgIpc) is 2.71. The summed E-state index contributed by atoms with van der Waals surface area (Å²) in [5, 5.41) is 3.08. The van der Waals surface area contributed by atoms with Crippen LogP contribution in [0, 0.1) is 6.92 Å². The van der Waals surface area contributed by atoms with Gasteiger partial charge in [-0.15, -0.1) is 0 Å². The Morgan fingerprint density at radius 1 is 1.00 bits per heavy atom. The molecule has 1 saturated heterocycles. The van der Waals surface area contributed by atoms with Gasteiger partial charge in [0.15, 0.2) is 0 Å². The number of piperazine rings is 1. The zero-order valence-electron chi connectivity index (χ0n) is 16.6. The monoisotopic (exact) mass is 365 g/mol. The van der Waals surface area contributed by atoms with Gasteiger partial charge in [-0.05, 0) is 42.9 Å². The van der Waals surface area contributed by atoms with Crippen molar-refractivity contribution >= 4 is 11.7 Å². The zero-order chi connectivity index (χ0) is 19.1. The van der Waals surface area contributed by atoms with E-state index in [1.165, 1.54) is 22.4 Å². The third kappa shape index (κ3) is 5.03. The second-order valence-corrected chi connectivity index (χ2v) is 7.23. The highest BCUT2D eigenvalue weighted by molar-refractivity contribution is 5.74. The Bertz CT molecular complexity index is 737. The number of hydrogen-bond donors (Lipinski definition) is 1. The lowest BCUT2D eigenvalue weighted by Gasteiger charge is -2.37. The van der Waals surface area contributed by atoms with Crippen molar-refractivity contribution in [1.29, 1.82) is 0 Å². The second-order valence-electron chi connectivity index (χ2n) is 7.23. The predicted molar refractivity (Wildman–Crippen MR) is 113 cm³/mol. The Balaban J connectivity index is 1.44. The molecule has 2 amide bonds. The Labute approximate surface area is 163 Å². The number of rotatable bonds is 6. The molecule has 2 aromatic rings. The van der Waals surface area contributed by atoms with Crippen molar-refractivity contribution in [3.63, 3.8) is 0 Å². The van der Waals surface area contributed by atoms with Crippen molar-refractivity contribution in [2.24, 2.45) is 0 Å². The summed E-state index contributed by atoms with van der Waals surface area (Å²) >= 11 is 0. The van der Waals surface area contributed by atoms with Crippen LogP contribution < -0.4 is 10.2 Å². The molecule has 4 nitrogen and oxygen atoms in total. The number of carbonyl (C=O) groups is 1. The molecule has 1 N–H and O–H groups in total. The predicted octanol–water partition coefficient (Wildman–Crippen LogP) is 4.02. The molecular weight excluding hydrogens is 334 g/mol. The Hall–Kier alpha value is -2.49. The van der Waals surface area contributed by atoms with Crippen LogP contribution in [0.5, 0.6) is 0 Å². The van der Waals surface area contributed by atoms with Gasteiger partial charge in [0, 0.05) is 38.4 Å². The van der Waals surface area contributed by atoms with E-state index in [0.717, 1.165) is 52.0 Å². The van der Waals surface area contributed by atoms with Gasteiger partial charge in [-0.2, -0.15) is 0 Å². The molecule has 4 heteroatoms. The summed E-state index contributed by atoms with van der Waals surface area (Å²) in [4.78, 5) is 16.8. The van der Waals surface area contributed by atoms with E-state index >= 15 is 0 Å². The number of carbonyl (C=O) groups excluding carboxylic acids is 1. The second kappa shape index (κ2) is 9.45. The third-order valence-electron chi connectivity index (χ3n) is 5.35. The van der Waals surface area contributed by atoms with Gasteiger partial charge in [0.1, 0.15) is 0 Å². The Kier molecular flexibility index (Phi) is 6.74. The molecule has 0 atom stereocenters. The van der Waals surface area contributed by atoms with E-state index in [0.29, 0.717) is 0 Å². The number of aryl methyl sites for hydroxylation is 3. The first-order chi connectivity index (χ1) is 13.2. The fourth-order valence-corrected chi connectivity index (χ4v) is 3.83. The first-order valence-corrected chi connectivity index (χ1v) is 10.1. The maximum atomic E-state index is 12.4. The molecule has 1 fully saturated rings. The summed E-state index contributed by atoms with van der Waals surface area (Å²) < 4.78 is 0. The summed E-state index contributed by atoms with van der Waals surface area (Å²) in [7, 11) is 0. The molecule has 3 rings (SSSR count). The van der Waals surface area contributed by atoms with Crippen LogP contribution in [0.3, 0.4) is 0 Å². The highest BCUT2D eigenvalue weighted by Crippen LogP contribution is 2.26. The van der Waals surface area contributed by atoms with E-state index in [1.807, 2.05) is 11.0 Å². The van der Waals surface area contributed by atoms with Crippen LogP contribution in [0.2, 0.25) is 0 Å². The maximum absolute atomic E-state index is 12.4. The molecule has 0 spiro atoms. The minimum Gasteiger partial charge on any atom is -0.368 e. The minimum atomic E-state index is 0.0724. The smallest absolute Gasteiger partial charge is 0.317 e. The minimum absolute atomic E-state index is 0.0724.